The van der Waals surface area contributed by atoms with E-state index in [1.165, 1.54) is 24.1 Å². The number of halogens is 1. The number of likely N-dealkylation sites (N-methyl/N-ethyl adjacent to an activating group) is 1. The van der Waals surface area contributed by atoms with Gasteiger partial charge in [-0.3, -0.25) is 13.9 Å². The fraction of sp³-hybridized carbons (Fsp3) is 0.259. The molecule has 0 saturated carbocycles. The molecule has 9 heteroatoms. The van der Waals surface area contributed by atoms with Crippen molar-refractivity contribution in [2.75, 3.05) is 17.9 Å². The zero-order valence-corrected chi connectivity index (χ0v) is 23.1. The molecule has 0 bridgehead atoms. The highest BCUT2D eigenvalue weighted by atomic mass is 79.9. The Balaban J connectivity index is 2.07. The van der Waals surface area contributed by atoms with Gasteiger partial charge in [-0.25, -0.2) is 8.42 Å². The Morgan fingerprint density at radius 2 is 1.67 bits per heavy atom. The first-order valence-corrected chi connectivity index (χ1v) is 13.7. The Kier molecular flexibility index (Phi) is 8.92. The number of aryl methyl sites for hydroxylation is 2. The number of benzene rings is 3. The van der Waals surface area contributed by atoms with E-state index in [0.717, 1.165) is 19.9 Å². The van der Waals surface area contributed by atoms with Crippen LogP contribution in [-0.2, 0) is 26.2 Å². The van der Waals surface area contributed by atoms with Gasteiger partial charge in [0, 0.05) is 18.1 Å². The van der Waals surface area contributed by atoms with Gasteiger partial charge >= 0.3 is 0 Å². The highest BCUT2D eigenvalue weighted by Crippen LogP contribution is 2.28. The Morgan fingerprint density at radius 3 is 2.31 bits per heavy atom. The minimum absolute atomic E-state index is 0.0802. The monoisotopic (exact) mass is 571 g/mol. The standard InChI is InChI=1S/C27H30BrN3O4S/c1-19-13-14-20(2)25(15-19)31(36(34,35)24-11-6-5-7-12-24)18-26(32)30(21(3)27(33)29-4)17-22-9-8-10-23(28)16-22/h5-16,21H,17-18H2,1-4H3,(H,29,33). The van der Waals surface area contributed by atoms with E-state index in [2.05, 4.69) is 21.2 Å². The van der Waals surface area contributed by atoms with Crippen LogP contribution in [0.1, 0.15) is 23.6 Å². The number of hydrogen-bond acceptors (Lipinski definition) is 4. The minimum atomic E-state index is -4.08. The zero-order chi connectivity index (χ0) is 26.5. The normalized spacial score (nSPS) is 12.0. The van der Waals surface area contributed by atoms with Crippen LogP contribution < -0.4 is 9.62 Å². The summed E-state index contributed by atoms with van der Waals surface area (Å²) in [7, 11) is -2.57. The molecule has 2 amide bonds. The molecule has 0 radical (unpaired) electrons. The van der Waals surface area contributed by atoms with Crippen molar-refractivity contribution < 1.29 is 18.0 Å². The average molecular weight is 573 g/mol. The van der Waals surface area contributed by atoms with Crippen molar-refractivity contribution in [3.8, 4) is 0 Å². The van der Waals surface area contributed by atoms with Crippen LogP contribution in [0, 0.1) is 13.8 Å². The number of sulfonamides is 1. The van der Waals surface area contributed by atoms with E-state index in [-0.39, 0.29) is 17.3 Å². The van der Waals surface area contributed by atoms with Crippen LogP contribution in [0.4, 0.5) is 5.69 Å². The topological polar surface area (TPSA) is 86.8 Å². The van der Waals surface area contributed by atoms with Crippen LogP contribution in [0.25, 0.3) is 0 Å². The van der Waals surface area contributed by atoms with Crippen LogP contribution in [0.15, 0.2) is 82.2 Å². The summed E-state index contributed by atoms with van der Waals surface area (Å²) in [6.07, 6.45) is 0. The zero-order valence-electron chi connectivity index (χ0n) is 20.7. The lowest BCUT2D eigenvalue weighted by Gasteiger charge is -2.32. The summed E-state index contributed by atoms with van der Waals surface area (Å²) in [5.74, 6) is -0.839. The van der Waals surface area contributed by atoms with Crippen LogP contribution in [0.5, 0.6) is 0 Å². The molecule has 0 saturated heterocycles. The number of anilines is 1. The lowest BCUT2D eigenvalue weighted by molar-refractivity contribution is -0.139. The van der Waals surface area contributed by atoms with Crippen molar-refractivity contribution in [1.82, 2.24) is 10.2 Å². The number of rotatable bonds is 9. The molecular weight excluding hydrogens is 542 g/mol. The minimum Gasteiger partial charge on any atom is -0.357 e. The summed E-state index contributed by atoms with van der Waals surface area (Å²) in [5, 5.41) is 2.58. The molecule has 190 valence electrons. The summed E-state index contributed by atoms with van der Waals surface area (Å²) >= 11 is 3.44. The summed E-state index contributed by atoms with van der Waals surface area (Å²) in [6, 6.07) is 20.1. The predicted octanol–water partition coefficient (Wildman–Crippen LogP) is 4.42. The van der Waals surface area contributed by atoms with Gasteiger partial charge in [-0.1, -0.05) is 58.4 Å². The maximum Gasteiger partial charge on any atom is 0.264 e. The van der Waals surface area contributed by atoms with Crippen molar-refractivity contribution in [3.05, 3.63) is 94.0 Å². The fourth-order valence-corrected chi connectivity index (χ4v) is 5.78. The first-order chi connectivity index (χ1) is 17.0. The predicted molar refractivity (Wildman–Crippen MR) is 145 cm³/mol. The smallest absolute Gasteiger partial charge is 0.264 e. The molecule has 3 rings (SSSR count). The third-order valence-corrected chi connectivity index (χ3v) is 8.17. The van der Waals surface area contributed by atoms with Crippen LogP contribution in [0.2, 0.25) is 0 Å². The molecule has 1 N–H and O–H groups in total. The summed E-state index contributed by atoms with van der Waals surface area (Å²) in [4.78, 5) is 27.8. The molecule has 36 heavy (non-hydrogen) atoms. The second kappa shape index (κ2) is 11.7. The van der Waals surface area contributed by atoms with Crippen molar-refractivity contribution in [2.24, 2.45) is 0 Å². The molecule has 0 aromatic heterocycles. The van der Waals surface area contributed by atoms with Crippen LogP contribution in [-0.4, -0.2) is 44.8 Å². The van der Waals surface area contributed by atoms with E-state index in [9.17, 15) is 18.0 Å². The van der Waals surface area contributed by atoms with Crippen molar-refractivity contribution >= 4 is 43.5 Å². The third-order valence-electron chi connectivity index (χ3n) is 5.90. The van der Waals surface area contributed by atoms with E-state index >= 15 is 0 Å². The van der Waals surface area contributed by atoms with E-state index in [0.29, 0.717) is 11.3 Å². The molecule has 0 aliphatic rings. The number of nitrogens with zero attached hydrogens (tertiary/aromatic N) is 2. The first kappa shape index (κ1) is 27.4. The average Bonchev–Trinajstić information content (AvgIpc) is 2.86. The van der Waals surface area contributed by atoms with Gasteiger partial charge in [0.1, 0.15) is 12.6 Å². The van der Waals surface area contributed by atoms with Gasteiger partial charge in [-0.05, 0) is 67.8 Å². The molecule has 0 heterocycles. The number of carbonyl (C=O) groups is 2. The van der Waals surface area contributed by atoms with E-state index < -0.39 is 28.5 Å². The molecular formula is C27H30BrN3O4S. The second-order valence-electron chi connectivity index (χ2n) is 8.56. The summed E-state index contributed by atoms with van der Waals surface area (Å²) in [5.41, 5.74) is 2.80. The molecule has 0 fully saturated rings. The quantitative estimate of drug-likeness (QED) is 0.411. The van der Waals surface area contributed by atoms with E-state index in [1.54, 1.807) is 38.1 Å². The third kappa shape index (κ3) is 6.33. The SMILES string of the molecule is CNC(=O)C(C)N(Cc1cccc(Br)c1)C(=O)CN(c1cc(C)ccc1C)S(=O)(=O)c1ccccc1. The maximum absolute atomic E-state index is 13.8. The molecule has 1 atom stereocenters. The second-order valence-corrected chi connectivity index (χ2v) is 11.3. The van der Waals surface area contributed by atoms with Crippen LogP contribution >= 0.6 is 15.9 Å². The Morgan fingerprint density at radius 1 is 0.972 bits per heavy atom. The molecule has 0 aliphatic carbocycles. The van der Waals surface area contributed by atoms with Gasteiger partial charge in [0.25, 0.3) is 10.0 Å². The van der Waals surface area contributed by atoms with E-state index in [4.69, 9.17) is 0 Å². The molecule has 3 aromatic carbocycles. The Hall–Kier alpha value is -3.17. The van der Waals surface area contributed by atoms with E-state index in [1.807, 2.05) is 43.3 Å². The number of amides is 2. The molecule has 7 nitrogen and oxygen atoms in total. The maximum atomic E-state index is 13.8. The van der Waals surface area contributed by atoms with Gasteiger partial charge in [0.15, 0.2) is 0 Å². The lowest BCUT2D eigenvalue weighted by Crippen LogP contribution is -2.50. The number of carbonyl (C=O) groups excluding carboxylic acids is 2. The Bertz CT molecular complexity index is 1350. The van der Waals surface area contributed by atoms with Crippen molar-refractivity contribution in [3.63, 3.8) is 0 Å². The Labute approximate surface area is 221 Å². The highest BCUT2D eigenvalue weighted by Gasteiger charge is 2.32. The van der Waals surface area contributed by atoms with Crippen molar-refractivity contribution in [1.29, 1.82) is 0 Å². The molecule has 1 unspecified atom stereocenters. The number of nitrogens with one attached hydrogen (secondary N) is 1. The van der Waals surface area contributed by atoms with Crippen LogP contribution in [0.3, 0.4) is 0 Å². The molecule has 3 aromatic rings. The largest absolute Gasteiger partial charge is 0.357 e. The molecule has 0 spiro atoms. The summed E-state index contributed by atoms with van der Waals surface area (Å²) in [6.45, 7) is 4.98. The van der Waals surface area contributed by atoms with Gasteiger partial charge < -0.3 is 10.2 Å². The van der Waals surface area contributed by atoms with Gasteiger partial charge in [0.2, 0.25) is 11.8 Å². The number of hydrogen-bond donors (Lipinski definition) is 1. The lowest BCUT2D eigenvalue weighted by atomic mass is 10.1. The van der Waals surface area contributed by atoms with Gasteiger partial charge in [-0.15, -0.1) is 0 Å². The fourth-order valence-electron chi connectivity index (χ4n) is 3.84. The highest BCUT2D eigenvalue weighted by molar-refractivity contribution is 9.10. The molecule has 0 aliphatic heterocycles. The van der Waals surface area contributed by atoms with Crippen molar-refractivity contribution in [2.45, 2.75) is 38.3 Å². The summed E-state index contributed by atoms with van der Waals surface area (Å²) < 4.78 is 29.5. The van der Waals surface area contributed by atoms with Gasteiger partial charge in [-0.2, -0.15) is 0 Å². The first-order valence-electron chi connectivity index (χ1n) is 11.4. The van der Waals surface area contributed by atoms with Gasteiger partial charge in [0.05, 0.1) is 10.6 Å².